The minimum absolute atomic E-state index is 0.330. The summed E-state index contributed by atoms with van der Waals surface area (Å²) in [6.45, 7) is 0. The third-order valence-corrected chi connectivity index (χ3v) is 4.38. The molecule has 0 saturated carbocycles. The van der Waals surface area contributed by atoms with Crippen LogP contribution in [0.4, 0.5) is 0 Å². The monoisotopic (exact) mass is 452 g/mol. The summed E-state index contributed by atoms with van der Waals surface area (Å²) in [6.07, 6.45) is 1.50. The molecule has 0 aromatic heterocycles. The molecule has 0 saturated heterocycles. The molecule has 0 aliphatic heterocycles. The first-order valence-electron chi connectivity index (χ1n) is 8.60. The molecule has 0 aliphatic carbocycles. The van der Waals surface area contributed by atoms with Crippen LogP contribution in [0.5, 0.6) is 11.5 Å². The normalized spacial score (nSPS) is 10.6. The molecule has 1 N–H and O–H groups in total. The maximum absolute atomic E-state index is 12.1. The van der Waals surface area contributed by atoms with Crippen LogP contribution in [0.3, 0.4) is 0 Å². The Morgan fingerprint density at radius 1 is 0.931 bits per heavy atom. The van der Waals surface area contributed by atoms with Crippen molar-refractivity contribution in [1.29, 1.82) is 0 Å². The first kappa shape index (κ1) is 20.3. The van der Waals surface area contributed by atoms with Crippen LogP contribution < -0.4 is 14.9 Å². The number of carbonyl (C=O) groups is 2. The van der Waals surface area contributed by atoms with Gasteiger partial charge in [0.25, 0.3) is 5.91 Å². The van der Waals surface area contributed by atoms with E-state index >= 15 is 0 Å². The quantitative estimate of drug-likeness (QED) is 0.259. The minimum Gasteiger partial charge on any atom is -0.497 e. The predicted octanol–water partition coefficient (Wildman–Crippen LogP) is 4.44. The molecular weight excluding hydrogens is 436 g/mol. The highest BCUT2D eigenvalue weighted by Gasteiger charge is 2.09. The van der Waals surface area contributed by atoms with Gasteiger partial charge in [-0.15, -0.1) is 0 Å². The lowest BCUT2D eigenvalue weighted by Gasteiger charge is -2.05. The zero-order valence-electron chi connectivity index (χ0n) is 15.5. The van der Waals surface area contributed by atoms with E-state index in [-0.39, 0.29) is 5.91 Å². The number of rotatable bonds is 6. The van der Waals surface area contributed by atoms with Gasteiger partial charge in [-0.2, -0.15) is 5.10 Å². The fraction of sp³-hybridized carbons (Fsp3) is 0.0455. The molecule has 1 amide bonds. The molecule has 29 heavy (non-hydrogen) atoms. The molecule has 0 fully saturated rings. The Morgan fingerprint density at radius 2 is 1.62 bits per heavy atom. The van der Waals surface area contributed by atoms with Crippen molar-refractivity contribution in [3.8, 4) is 11.5 Å². The number of benzene rings is 3. The molecule has 0 radical (unpaired) electrons. The number of nitrogens with one attached hydrogen (secondary N) is 1. The maximum Gasteiger partial charge on any atom is 0.343 e. The Bertz CT molecular complexity index is 1030. The summed E-state index contributed by atoms with van der Waals surface area (Å²) in [6, 6.07) is 20.4. The van der Waals surface area contributed by atoms with E-state index in [1.165, 1.54) is 6.21 Å². The second kappa shape index (κ2) is 9.66. The summed E-state index contributed by atoms with van der Waals surface area (Å²) in [4.78, 5) is 24.2. The molecule has 0 spiro atoms. The molecule has 0 bridgehead atoms. The SMILES string of the molecule is COc1ccc(C(=O)NN=Cc2ccc(OC(=O)c3cccc(Br)c3)cc2)cc1. The van der Waals surface area contributed by atoms with E-state index in [4.69, 9.17) is 9.47 Å². The molecule has 3 aromatic carbocycles. The number of halogens is 1. The van der Waals surface area contributed by atoms with Gasteiger partial charge in [-0.25, -0.2) is 10.2 Å². The lowest BCUT2D eigenvalue weighted by Crippen LogP contribution is -2.17. The van der Waals surface area contributed by atoms with Crippen molar-refractivity contribution in [2.45, 2.75) is 0 Å². The number of methoxy groups -OCH3 is 1. The van der Waals surface area contributed by atoms with Crippen LogP contribution in [-0.4, -0.2) is 25.2 Å². The molecule has 3 rings (SSSR count). The van der Waals surface area contributed by atoms with Crippen LogP contribution >= 0.6 is 15.9 Å². The van der Waals surface area contributed by atoms with Crippen molar-refractivity contribution in [1.82, 2.24) is 5.43 Å². The summed E-state index contributed by atoms with van der Waals surface area (Å²) < 4.78 is 11.2. The number of hydrogen-bond donors (Lipinski definition) is 1. The Morgan fingerprint density at radius 3 is 2.28 bits per heavy atom. The number of carbonyl (C=O) groups excluding carboxylic acids is 2. The topological polar surface area (TPSA) is 77.0 Å². The van der Waals surface area contributed by atoms with E-state index in [1.807, 2.05) is 6.07 Å². The van der Waals surface area contributed by atoms with E-state index in [2.05, 4.69) is 26.5 Å². The highest BCUT2D eigenvalue weighted by Crippen LogP contribution is 2.16. The van der Waals surface area contributed by atoms with Crippen molar-refractivity contribution in [2.24, 2.45) is 5.10 Å². The standard InChI is InChI=1S/C22H17BrN2O4/c1-28-19-11-7-16(8-12-19)21(26)25-24-14-15-5-9-20(10-6-15)29-22(27)17-3-2-4-18(23)13-17/h2-14H,1H3,(H,25,26). The molecule has 3 aromatic rings. The summed E-state index contributed by atoms with van der Waals surface area (Å²) in [5, 5.41) is 3.94. The van der Waals surface area contributed by atoms with Crippen molar-refractivity contribution in [2.75, 3.05) is 7.11 Å². The van der Waals surface area contributed by atoms with Gasteiger partial charge >= 0.3 is 5.97 Å². The largest absolute Gasteiger partial charge is 0.497 e. The molecule has 0 aliphatic rings. The van der Waals surface area contributed by atoms with Gasteiger partial charge in [0.1, 0.15) is 11.5 Å². The number of nitrogens with zero attached hydrogens (tertiary/aromatic N) is 1. The number of esters is 1. The summed E-state index contributed by atoms with van der Waals surface area (Å²) in [7, 11) is 1.56. The Balaban J connectivity index is 1.55. The molecule has 0 unspecified atom stereocenters. The van der Waals surface area contributed by atoms with Gasteiger partial charge in [-0.05, 0) is 72.3 Å². The highest BCUT2D eigenvalue weighted by molar-refractivity contribution is 9.10. The zero-order valence-corrected chi connectivity index (χ0v) is 17.0. The van der Waals surface area contributed by atoms with E-state index in [9.17, 15) is 9.59 Å². The Kier molecular flexibility index (Phi) is 6.76. The summed E-state index contributed by atoms with van der Waals surface area (Å²) in [5.41, 5.74) is 4.12. The average Bonchev–Trinajstić information content (AvgIpc) is 2.75. The lowest BCUT2D eigenvalue weighted by molar-refractivity contribution is 0.0734. The van der Waals surface area contributed by atoms with Crippen LogP contribution in [0.25, 0.3) is 0 Å². The van der Waals surface area contributed by atoms with Crippen molar-refractivity contribution >= 4 is 34.0 Å². The molecule has 0 atom stereocenters. The summed E-state index contributed by atoms with van der Waals surface area (Å²) >= 11 is 3.32. The van der Waals surface area contributed by atoms with E-state index < -0.39 is 5.97 Å². The smallest absolute Gasteiger partial charge is 0.343 e. The van der Waals surface area contributed by atoms with E-state index in [0.29, 0.717) is 22.6 Å². The van der Waals surface area contributed by atoms with Gasteiger partial charge < -0.3 is 9.47 Å². The van der Waals surface area contributed by atoms with Crippen LogP contribution in [-0.2, 0) is 0 Å². The number of hydrazone groups is 1. The van der Waals surface area contributed by atoms with Gasteiger partial charge in [0.15, 0.2) is 0 Å². The maximum atomic E-state index is 12.1. The third-order valence-electron chi connectivity index (χ3n) is 3.88. The second-order valence-corrected chi connectivity index (χ2v) is 6.81. The van der Waals surface area contributed by atoms with E-state index in [1.54, 1.807) is 73.8 Å². The van der Waals surface area contributed by atoms with Gasteiger partial charge in [0, 0.05) is 10.0 Å². The van der Waals surface area contributed by atoms with Crippen molar-refractivity contribution in [3.05, 3.63) is 94.0 Å². The number of ether oxygens (including phenoxy) is 2. The zero-order chi connectivity index (χ0) is 20.6. The Labute approximate surface area is 176 Å². The number of hydrogen-bond acceptors (Lipinski definition) is 5. The predicted molar refractivity (Wildman–Crippen MR) is 114 cm³/mol. The molecule has 146 valence electrons. The first-order chi connectivity index (χ1) is 14.0. The Hall–Kier alpha value is -3.45. The fourth-order valence-electron chi connectivity index (χ4n) is 2.38. The summed E-state index contributed by atoms with van der Waals surface area (Å²) in [5.74, 6) is 0.308. The third kappa shape index (κ3) is 5.76. The van der Waals surface area contributed by atoms with Crippen molar-refractivity contribution in [3.63, 3.8) is 0 Å². The molecule has 7 heteroatoms. The first-order valence-corrected chi connectivity index (χ1v) is 9.40. The van der Waals surface area contributed by atoms with Crippen LogP contribution in [0, 0.1) is 0 Å². The molecule has 6 nitrogen and oxygen atoms in total. The second-order valence-electron chi connectivity index (χ2n) is 5.90. The number of amides is 1. The van der Waals surface area contributed by atoms with Gasteiger partial charge in [-0.1, -0.05) is 22.0 Å². The van der Waals surface area contributed by atoms with Gasteiger partial charge in [-0.3, -0.25) is 4.79 Å². The van der Waals surface area contributed by atoms with Crippen LogP contribution in [0.2, 0.25) is 0 Å². The lowest BCUT2D eigenvalue weighted by atomic mass is 10.2. The van der Waals surface area contributed by atoms with Crippen LogP contribution in [0.1, 0.15) is 26.3 Å². The molecule has 0 heterocycles. The highest BCUT2D eigenvalue weighted by atomic mass is 79.9. The molecular formula is C22H17BrN2O4. The van der Waals surface area contributed by atoms with E-state index in [0.717, 1.165) is 10.0 Å². The average molecular weight is 453 g/mol. The minimum atomic E-state index is -0.445. The van der Waals surface area contributed by atoms with Crippen molar-refractivity contribution < 1.29 is 19.1 Å². The fourth-order valence-corrected chi connectivity index (χ4v) is 2.77. The van der Waals surface area contributed by atoms with Gasteiger partial charge in [0.2, 0.25) is 0 Å². The van der Waals surface area contributed by atoms with Crippen LogP contribution in [0.15, 0.2) is 82.4 Å². The van der Waals surface area contributed by atoms with Gasteiger partial charge in [0.05, 0.1) is 18.9 Å².